The van der Waals surface area contributed by atoms with Gasteiger partial charge in [0.15, 0.2) is 0 Å². The molecule has 14 heavy (non-hydrogen) atoms. The smallest absolute Gasteiger partial charge is 0.0849 e. The molecule has 0 rings (SSSR count). The summed E-state index contributed by atoms with van der Waals surface area (Å²) >= 11 is 0. The highest BCUT2D eigenvalue weighted by molar-refractivity contribution is 4.81. The second kappa shape index (κ2) is 5.10. The minimum atomic E-state index is -1.10. The number of hydrogen-bond donors (Lipinski definition) is 3. The van der Waals surface area contributed by atoms with Gasteiger partial charge in [-0.3, -0.25) is 0 Å². The highest BCUT2D eigenvalue weighted by Crippen LogP contribution is 2.25. The van der Waals surface area contributed by atoms with E-state index in [0.717, 1.165) is 0 Å². The van der Waals surface area contributed by atoms with Crippen molar-refractivity contribution in [3.05, 3.63) is 0 Å². The average Bonchev–Trinajstić information content (AvgIpc) is 1.96. The van der Waals surface area contributed by atoms with E-state index in [9.17, 15) is 15.3 Å². The maximum atomic E-state index is 9.69. The van der Waals surface area contributed by atoms with Crippen molar-refractivity contribution in [2.45, 2.75) is 58.8 Å². The molecule has 0 spiro atoms. The number of hydrogen-bond acceptors (Lipinski definition) is 3. The van der Waals surface area contributed by atoms with E-state index >= 15 is 0 Å². The molecule has 0 aliphatic rings. The van der Waals surface area contributed by atoms with Crippen LogP contribution in [0.5, 0.6) is 0 Å². The molecule has 0 fully saturated rings. The van der Waals surface area contributed by atoms with E-state index < -0.39 is 17.8 Å². The van der Waals surface area contributed by atoms with Crippen LogP contribution >= 0.6 is 0 Å². The molecule has 0 radical (unpaired) electrons. The summed E-state index contributed by atoms with van der Waals surface area (Å²) in [5.74, 6) is 0.323. The van der Waals surface area contributed by atoms with Gasteiger partial charge >= 0.3 is 0 Å². The van der Waals surface area contributed by atoms with Gasteiger partial charge in [-0.2, -0.15) is 0 Å². The number of rotatable bonds is 5. The monoisotopic (exact) mass is 204 g/mol. The fraction of sp³-hybridized carbons (Fsp3) is 1.00. The molecule has 0 aromatic heterocycles. The average molecular weight is 204 g/mol. The highest BCUT2D eigenvalue weighted by Gasteiger charge is 2.30. The molecule has 0 aliphatic carbocycles. The maximum Gasteiger partial charge on any atom is 0.0849 e. The summed E-state index contributed by atoms with van der Waals surface area (Å²) < 4.78 is 0. The fourth-order valence-corrected chi connectivity index (χ4v) is 1.57. The second-order valence-corrected chi connectivity index (χ2v) is 5.05. The summed E-state index contributed by atoms with van der Waals surface area (Å²) in [6.45, 7) is 8.90. The lowest BCUT2D eigenvalue weighted by molar-refractivity contribution is -0.0705. The summed E-state index contributed by atoms with van der Waals surface area (Å²) in [5, 5.41) is 28.8. The lowest BCUT2D eigenvalue weighted by Gasteiger charge is -2.31. The summed E-state index contributed by atoms with van der Waals surface area (Å²) in [6.07, 6.45) is -0.810. The Hall–Kier alpha value is -0.120. The van der Waals surface area contributed by atoms with E-state index in [2.05, 4.69) is 0 Å². The summed E-state index contributed by atoms with van der Waals surface area (Å²) in [5.41, 5.74) is -1.10. The molecule has 3 unspecified atom stereocenters. The van der Waals surface area contributed by atoms with Gasteiger partial charge in [0.1, 0.15) is 0 Å². The van der Waals surface area contributed by atoms with E-state index in [1.165, 1.54) is 0 Å². The quantitative estimate of drug-likeness (QED) is 0.630. The summed E-state index contributed by atoms with van der Waals surface area (Å²) in [7, 11) is 0. The van der Waals surface area contributed by atoms with Crippen LogP contribution in [0.3, 0.4) is 0 Å². The van der Waals surface area contributed by atoms with E-state index in [0.29, 0.717) is 12.3 Å². The first-order valence-corrected chi connectivity index (χ1v) is 5.24. The number of aliphatic hydroxyl groups is 3. The van der Waals surface area contributed by atoms with Crippen LogP contribution in [0.2, 0.25) is 0 Å². The largest absolute Gasteiger partial charge is 0.393 e. The van der Waals surface area contributed by atoms with Crippen molar-refractivity contribution in [1.29, 1.82) is 0 Å². The van der Waals surface area contributed by atoms with E-state index in [1.807, 2.05) is 13.8 Å². The Morgan fingerprint density at radius 3 is 1.71 bits per heavy atom. The molecule has 3 atom stereocenters. The standard InChI is InChI=1S/C11H24O3/c1-7(2)9(8(3)12)6-10(13)11(4,5)14/h7-10,12-14H,6H2,1-5H3. The van der Waals surface area contributed by atoms with Crippen molar-refractivity contribution in [2.75, 3.05) is 0 Å². The predicted octanol–water partition coefficient (Wildman–Crippen LogP) is 1.16. The summed E-state index contributed by atoms with van der Waals surface area (Å²) in [4.78, 5) is 0. The van der Waals surface area contributed by atoms with Crippen LogP contribution in [0.15, 0.2) is 0 Å². The van der Waals surface area contributed by atoms with Gasteiger partial charge in [0.25, 0.3) is 0 Å². The Morgan fingerprint density at radius 2 is 1.50 bits per heavy atom. The van der Waals surface area contributed by atoms with Crippen molar-refractivity contribution in [3.63, 3.8) is 0 Å². The third kappa shape index (κ3) is 4.40. The topological polar surface area (TPSA) is 60.7 Å². The van der Waals surface area contributed by atoms with Crippen LogP contribution in [-0.2, 0) is 0 Å². The van der Waals surface area contributed by atoms with Crippen molar-refractivity contribution in [1.82, 2.24) is 0 Å². The van der Waals surface area contributed by atoms with Crippen LogP contribution in [0.25, 0.3) is 0 Å². The molecule has 3 nitrogen and oxygen atoms in total. The van der Waals surface area contributed by atoms with Crippen molar-refractivity contribution < 1.29 is 15.3 Å². The fourth-order valence-electron chi connectivity index (χ4n) is 1.57. The van der Waals surface area contributed by atoms with Gasteiger partial charge in [-0.05, 0) is 39.0 Å². The first kappa shape index (κ1) is 13.9. The van der Waals surface area contributed by atoms with E-state index in [-0.39, 0.29) is 5.92 Å². The molecule has 0 aromatic carbocycles. The first-order valence-electron chi connectivity index (χ1n) is 5.24. The molecule has 0 heterocycles. The van der Waals surface area contributed by atoms with Gasteiger partial charge < -0.3 is 15.3 Å². The minimum absolute atomic E-state index is 0.0245. The summed E-state index contributed by atoms with van der Waals surface area (Å²) in [6, 6.07) is 0. The Kier molecular flexibility index (Phi) is 5.06. The normalized spacial score (nSPS) is 19.5. The first-order chi connectivity index (χ1) is 6.16. The predicted molar refractivity (Wildman–Crippen MR) is 56.9 cm³/mol. The molecule has 3 N–H and O–H groups in total. The second-order valence-electron chi connectivity index (χ2n) is 5.05. The molecule has 3 heteroatoms. The Morgan fingerprint density at radius 1 is 1.07 bits per heavy atom. The Bertz CT molecular complexity index is 150. The number of aliphatic hydroxyl groups excluding tert-OH is 2. The van der Waals surface area contributed by atoms with Crippen LogP contribution in [-0.4, -0.2) is 33.1 Å². The molecule has 0 saturated carbocycles. The Labute approximate surface area is 86.8 Å². The lowest BCUT2D eigenvalue weighted by Crippen LogP contribution is -2.40. The lowest BCUT2D eigenvalue weighted by atomic mass is 9.82. The molecule has 86 valence electrons. The van der Waals surface area contributed by atoms with Gasteiger partial charge in [0, 0.05) is 0 Å². The molecule has 0 bridgehead atoms. The van der Waals surface area contributed by atoms with Crippen LogP contribution in [0.1, 0.15) is 41.0 Å². The minimum Gasteiger partial charge on any atom is -0.393 e. The van der Waals surface area contributed by atoms with Crippen molar-refractivity contribution >= 4 is 0 Å². The van der Waals surface area contributed by atoms with Crippen LogP contribution in [0.4, 0.5) is 0 Å². The van der Waals surface area contributed by atoms with Gasteiger partial charge in [-0.25, -0.2) is 0 Å². The zero-order valence-electron chi connectivity index (χ0n) is 9.86. The molecule has 0 aliphatic heterocycles. The molecule has 0 saturated heterocycles. The van der Waals surface area contributed by atoms with Crippen molar-refractivity contribution in [2.24, 2.45) is 11.8 Å². The molecule has 0 amide bonds. The zero-order valence-corrected chi connectivity index (χ0v) is 9.86. The third-order valence-corrected chi connectivity index (χ3v) is 2.79. The maximum absolute atomic E-state index is 9.69. The SMILES string of the molecule is CC(C)C(CC(O)C(C)(C)O)C(C)O. The highest BCUT2D eigenvalue weighted by atomic mass is 16.3. The van der Waals surface area contributed by atoms with Gasteiger partial charge in [-0.1, -0.05) is 13.8 Å². The molecular weight excluding hydrogens is 180 g/mol. The molecular formula is C11H24O3. The van der Waals surface area contributed by atoms with Gasteiger partial charge in [0.05, 0.1) is 17.8 Å². The van der Waals surface area contributed by atoms with Crippen molar-refractivity contribution in [3.8, 4) is 0 Å². The van der Waals surface area contributed by atoms with E-state index in [4.69, 9.17) is 0 Å². The third-order valence-electron chi connectivity index (χ3n) is 2.79. The van der Waals surface area contributed by atoms with Crippen LogP contribution < -0.4 is 0 Å². The van der Waals surface area contributed by atoms with Crippen LogP contribution in [0, 0.1) is 11.8 Å². The van der Waals surface area contributed by atoms with Gasteiger partial charge in [-0.15, -0.1) is 0 Å². The molecule has 0 aromatic rings. The zero-order chi connectivity index (χ0) is 11.5. The van der Waals surface area contributed by atoms with Gasteiger partial charge in [0.2, 0.25) is 0 Å². The van der Waals surface area contributed by atoms with E-state index in [1.54, 1.807) is 20.8 Å². The Balaban J connectivity index is 4.31.